The fraction of sp³-hybridized carbons (Fsp3) is 0.702. The fourth-order valence-corrected chi connectivity index (χ4v) is 6.31. The summed E-state index contributed by atoms with van der Waals surface area (Å²) < 4.78 is 34.2. The van der Waals surface area contributed by atoms with Gasteiger partial charge in [-0.25, -0.2) is 4.57 Å². The summed E-state index contributed by atoms with van der Waals surface area (Å²) >= 11 is 0. The number of rotatable bonds is 39. The maximum atomic E-state index is 12.7. The van der Waals surface area contributed by atoms with E-state index in [2.05, 4.69) is 74.6 Å². The van der Waals surface area contributed by atoms with Gasteiger partial charge in [0, 0.05) is 12.8 Å². The first-order chi connectivity index (χ1) is 27.5. The van der Waals surface area contributed by atoms with Gasteiger partial charge in [-0.1, -0.05) is 170 Å². The number of unbranched alkanes of at least 4 members (excludes halogenated alkanes) is 13. The normalized spacial score (nSPS) is 14.3. The number of nitrogens with zero attached hydrogens (tertiary/aromatic N) is 1. The summed E-state index contributed by atoms with van der Waals surface area (Å²) in [6, 6.07) is 0. The summed E-state index contributed by atoms with van der Waals surface area (Å²) in [5, 5.41) is 0. The number of hydrogen-bond donors (Lipinski definition) is 1. The summed E-state index contributed by atoms with van der Waals surface area (Å²) in [4.78, 5) is 35.3. The van der Waals surface area contributed by atoms with E-state index in [-0.39, 0.29) is 26.1 Å². The van der Waals surface area contributed by atoms with Crippen LogP contribution in [-0.2, 0) is 32.7 Å². The molecule has 1 unspecified atom stereocenters. The van der Waals surface area contributed by atoms with E-state index in [4.69, 9.17) is 18.5 Å². The Morgan fingerprint density at radius 1 is 0.561 bits per heavy atom. The number of likely N-dealkylation sites (N-methyl/N-ethyl adjacent to an activating group) is 1. The Kier molecular flexibility index (Phi) is 37.2. The third-order valence-corrected chi connectivity index (χ3v) is 10.00. The first-order valence-electron chi connectivity index (χ1n) is 22.2. The highest BCUT2D eigenvalue weighted by Gasteiger charge is 2.27. The largest absolute Gasteiger partial charge is 0.472 e. The topological polar surface area (TPSA) is 108 Å². The predicted octanol–water partition coefficient (Wildman–Crippen LogP) is 12.6. The molecule has 0 aromatic carbocycles. The summed E-state index contributed by atoms with van der Waals surface area (Å²) in [6.07, 6.45) is 48.2. The first-order valence-corrected chi connectivity index (χ1v) is 23.7. The third kappa shape index (κ3) is 42.9. The number of quaternary nitrogens is 1. The Hall–Kier alpha value is -2.55. The highest BCUT2D eigenvalue weighted by atomic mass is 31.2. The highest BCUT2D eigenvalue weighted by Crippen LogP contribution is 2.43. The molecule has 10 heteroatoms. The molecule has 1 N–H and O–H groups in total. The van der Waals surface area contributed by atoms with Crippen molar-refractivity contribution in [2.75, 3.05) is 47.5 Å². The van der Waals surface area contributed by atoms with Crippen molar-refractivity contribution >= 4 is 19.8 Å². The molecule has 0 fully saturated rings. The van der Waals surface area contributed by atoms with E-state index in [0.717, 1.165) is 57.8 Å². The van der Waals surface area contributed by atoms with Gasteiger partial charge in [-0.05, 0) is 51.4 Å². The van der Waals surface area contributed by atoms with Crippen LogP contribution < -0.4 is 0 Å². The summed E-state index contributed by atoms with van der Waals surface area (Å²) in [5.41, 5.74) is 0. The van der Waals surface area contributed by atoms with Crippen LogP contribution in [0.25, 0.3) is 0 Å². The minimum Gasteiger partial charge on any atom is -0.462 e. The monoisotopic (exact) mass is 821 g/mol. The van der Waals surface area contributed by atoms with Gasteiger partial charge in [-0.15, -0.1) is 0 Å². The van der Waals surface area contributed by atoms with Gasteiger partial charge in [-0.3, -0.25) is 18.6 Å². The van der Waals surface area contributed by atoms with E-state index in [1.165, 1.54) is 64.2 Å². The average molecular weight is 821 g/mol. The zero-order valence-electron chi connectivity index (χ0n) is 36.8. The van der Waals surface area contributed by atoms with Crippen molar-refractivity contribution in [1.29, 1.82) is 0 Å². The van der Waals surface area contributed by atoms with Crippen molar-refractivity contribution in [1.82, 2.24) is 0 Å². The molecule has 328 valence electrons. The molecule has 0 heterocycles. The molecule has 0 spiro atoms. The Labute approximate surface area is 348 Å². The van der Waals surface area contributed by atoms with Crippen LogP contribution in [0.4, 0.5) is 0 Å². The van der Waals surface area contributed by atoms with Crippen LogP contribution in [0.1, 0.15) is 162 Å². The van der Waals surface area contributed by atoms with Gasteiger partial charge in [0.1, 0.15) is 19.8 Å². The van der Waals surface area contributed by atoms with Crippen LogP contribution in [0.15, 0.2) is 72.9 Å². The number of ether oxygens (including phenoxy) is 2. The molecule has 0 rings (SSSR count). The van der Waals surface area contributed by atoms with Gasteiger partial charge >= 0.3 is 19.8 Å². The van der Waals surface area contributed by atoms with Crippen molar-refractivity contribution in [2.45, 2.75) is 168 Å². The number of esters is 2. The van der Waals surface area contributed by atoms with Crippen LogP contribution in [0.5, 0.6) is 0 Å². The number of phosphoric ester groups is 1. The second-order valence-electron chi connectivity index (χ2n) is 15.7. The number of carbonyl (C=O) groups is 2. The van der Waals surface area contributed by atoms with Gasteiger partial charge in [0.05, 0.1) is 27.7 Å². The van der Waals surface area contributed by atoms with Crippen molar-refractivity contribution in [3.05, 3.63) is 72.9 Å². The third-order valence-electron chi connectivity index (χ3n) is 9.01. The second kappa shape index (κ2) is 38.9. The van der Waals surface area contributed by atoms with Crippen molar-refractivity contribution in [3.63, 3.8) is 0 Å². The molecule has 2 atom stereocenters. The molecule has 0 aromatic rings. The van der Waals surface area contributed by atoms with E-state index < -0.39 is 32.5 Å². The lowest BCUT2D eigenvalue weighted by molar-refractivity contribution is -0.870. The highest BCUT2D eigenvalue weighted by molar-refractivity contribution is 7.47. The maximum absolute atomic E-state index is 12.7. The molecule has 0 saturated heterocycles. The molecular weight excluding hydrogens is 737 g/mol. The molecule has 0 radical (unpaired) electrons. The number of carbonyl (C=O) groups excluding carboxylic acids is 2. The molecule has 0 aromatic heterocycles. The summed E-state index contributed by atoms with van der Waals surface area (Å²) in [6.45, 7) is 4.21. The van der Waals surface area contributed by atoms with E-state index in [0.29, 0.717) is 23.9 Å². The van der Waals surface area contributed by atoms with E-state index >= 15 is 0 Å². The minimum atomic E-state index is -4.39. The zero-order valence-corrected chi connectivity index (χ0v) is 37.7. The Morgan fingerprint density at radius 2 is 1.00 bits per heavy atom. The lowest BCUT2D eigenvalue weighted by Gasteiger charge is -2.24. The molecular formula is C47H83NO8P+. The van der Waals surface area contributed by atoms with Crippen molar-refractivity contribution in [3.8, 4) is 0 Å². The number of allylic oxidation sites excluding steroid dienone is 12. The van der Waals surface area contributed by atoms with Gasteiger partial charge < -0.3 is 18.9 Å². The van der Waals surface area contributed by atoms with Crippen LogP contribution in [0.2, 0.25) is 0 Å². The lowest BCUT2D eigenvalue weighted by Crippen LogP contribution is -2.37. The fourth-order valence-electron chi connectivity index (χ4n) is 5.57. The number of phosphoric acid groups is 1. The van der Waals surface area contributed by atoms with Crippen molar-refractivity contribution in [2.24, 2.45) is 0 Å². The molecule has 0 saturated carbocycles. The lowest BCUT2D eigenvalue weighted by atomic mass is 10.0. The second-order valence-corrected chi connectivity index (χ2v) is 17.2. The van der Waals surface area contributed by atoms with Gasteiger partial charge in [0.15, 0.2) is 6.10 Å². The van der Waals surface area contributed by atoms with E-state index in [1.54, 1.807) is 0 Å². The SMILES string of the molecule is CC/C=C/C/C=C/C/C=C/C/C=C/C/C=C/C/C=C/CCC(=O)OC[C@@H](COP(=O)(O)OCC[N+](C)(C)C)OC(=O)CCCCCCCCCCCCCCCC. The average Bonchev–Trinajstić information content (AvgIpc) is 3.16. The smallest absolute Gasteiger partial charge is 0.462 e. The van der Waals surface area contributed by atoms with Crippen molar-refractivity contribution < 1.29 is 42.1 Å². The Balaban J connectivity index is 4.48. The molecule has 57 heavy (non-hydrogen) atoms. The molecule has 9 nitrogen and oxygen atoms in total. The Morgan fingerprint density at radius 3 is 1.46 bits per heavy atom. The summed E-state index contributed by atoms with van der Waals surface area (Å²) in [5.74, 6) is -0.899. The quantitative estimate of drug-likeness (QED) is 0.0215. The zero-order chi connectivity index (χ0) is 42.1. The van der Waals surface area contributed by atoms with Gasteiger partial charge in [-0.2, -0.15) is 0 Å². The molecule has 0 bridgehead atoms. The molecule has 0 aliphatic heterocycles. The van der Waals surface area contributed by atoms with Crippen LogP contribution >= 0.6 is 7.82 Å². The van der Waals surface area contributed by atoms with Gasteiger partial charge in [0.2, 0.25) is 0 Å². The van der Waals surface area contributed by atoms with E-state index in [9.17, 15) is 19.0 Å². The maximum Gasteiger partial charge on any atom is 0.472 e. The molecule has 0 aliphatic rings. The van der Waals surface area contributed by atoms with E-state index in [1.807, 2.05) is 33.3 Å². The van der Waals surface area contributed by atoms with Crippen LogP contribution in [-0.4, -0.2) is 74.9 Å². The standard InChI is InChI=1S/C47H82NO8P/c1-6-8-10-12-14-16-18-20-22-23-24-25-26-28-29-31-33-35-37-39-46(49)53-43-45(44-55-57(51,52)54-42-41-48(3,4)5)56-47(50)40-38-36-34-32-30-27-21-19-17-15-13-11-9-7-2/h8,10,14,16,20,22,24-25,28-29,33,35,45H,6-7,9,11-13,15,17-19,21,23,26-27,30-32,34,36-44H2,1-5H3/p+1/b10-8+,16-14+,22-20+,25-24+,29-28+,35-33+/t45-/m0/s1. The summed E-state index contributed by atoms with van der Waals surface area (Å²) in [7, 11) is 1.43. The predicted molar refractivity (Wildman–Crippen MR) is 238 cm³/mol. The van der Waals surface area contributed by atoms with Crippen LogP contribution in [0.3, 0.4) is 0 Å². The van der Waals surface area contributed by atoms with Crippen LogP contribution in [0, 0.1) is 0 Å². The molecule has 0 aliphatic carbocycles. The van der Waals surface area contributed by atoms with Gasteiger partial charge in [0.25, 0.3) is 0 Å². The molecule has 0 amide bonds. The minimum absolute atomic E-state index is 0.0183. The number of hydrogen-bond acceptors (Lipinski definition) is 7. The Bertz CT molecular complexity index is 1200. The first kappa shape index (κ1) is 54.5.